The number of thiophene rings is 1. The lowest BCUT2D eigenvalue weighted by Gasteiger charge is -2.37. The first-order valence-corrected chi connectivity index (χ1v) is 8.87. The maximum Gasteiger partial charge on any atom is 0.253 e. The summed E-state index contributed by atoms with van der Waals surface area (Å²) in [7, 11) is -3.43. The van der Waals surface area contributed by atoms with Crippen LogP contribution >= 0.6 is 11.3 Å². The van der Waals surface area contributed by atoms with Crippen LogP contribution in [0, 0.1) is 6.92 Å². The van der Waals surface area contributed by atoms with Crippen LogP contribution in [-0.4, -0.2) is 29.9 Å². The van der Waals surface area contributed by atoms with Crippen molar-refractivity contribution in [2.24, 2.45) is 0 Å². The first-order valence-electron chi connectivity index (χ1n) is 6.61. The summed E-state index contributed by atoms with van der Waals surface area (Å²) in [5, 5.41) is 9.21. The summed E-state index contributed by atoms with van der Waals surface area (Å²) >= 11 is 1.18. The monoisotopic (exact) mass is 303 g/mol. The Kier molecular flexibility index (Phi) is 4.35. The Hall–Kier alpha value is -0.430. The largest absolute Gasteiger partial charge is 0.391 e. The van der Waals surface area contributed by atoms with Gasteiger partial charge in [0.25, 0.3) is 10.0 Å². The molecule has 1 aliphatic heterocycles. The van der Waals surface area contributed by atoms with Gasteiger partial charge in [-0.15, -0.1) is 11.3 Å². The van der Waals surface area contributed by atoms with E-state index in [0.29, 0.717) is 4.21 Å². The lowest BCUT2D eigenvalue weighted by atomic mass is 10.0. The minimum absolute atomic E-state index is 0.0498. The molecule has 2 rings (SSSR count). The first kappa shape index (κ1) is 15.0. The fourth-order valence-corrected chi connectivity index (χ4v) is 6.18. The molecule has 1 aromatic rings. The van der Waals surface area contributed by atoms with Crippen LogP contribution in [0.25, 0.3) is 0 Å². The second kappa shape index (κ2) is 5.52. The fraction of sp³-hybridized carbons (Fsp3) is 0.692. The molecule has 0 amide bonds. The third-order valence-electron chi connectivity index (χ3n) is 3.79. The standard InChI is InChI=1S/C13H21NO3S2/c1-9-7-13(18-12(9)8-15)19(16,17)14-10(2)5-4-6-11(14)3/h7,10-11,15H,4-6,8H2,1-3H3/t10-,11+. The quantitative estimate of drug-likeness (QED) is 0.933. The van der Waals surface area contributed by atoms with Gasteiger partial charge in [-0.05, 0) is 45.2 Å². The van der Waals surface area contributed by atoms with E-state index < -0.39 is 10.0 Å². The van der Waals surface area contributed by atoms with Crippen LogP contribution in [-0.2, 0) is 16.6 Å². The third-order valence-corrected chi connectivity index (χ3v) is 7.59. The van der Waals surface area contributed by atoms with Crippen molar-refractivity contribution < 1.29 is 13.5 Å². The average Bonchev–Trinajstić information content (AvgIpc) is 2.70. The van der Waals surface area contributed by atoms with E-state index in [2.05, 4.69) is 0 Å². The molecule has 0 aromatic carbocycles. The lowest BCUT2D eigenvalue weighted by Crippen LogP contribution is -2.47. The Morgan fingerprint density at radius 1 is 1.37 bits per heavy atom. The van der Waals surface area contributed by atoms with E-state index in [4.69, 9.17) is 0 Å². The summed E-state index contributed by atoms with van der Waals surface area (Å²) in [6, 6.07) is 1.78. The van der Waals surface area contributed by atoms with E-state index >= 15 is 0 Å². The van der Waals surface area contributed by atoms with Crippen molar-refractivity contribution in [2.75, 3.05) is 0 Å². The highest BCUT2D eigenvalue weighted by atomic mass is 32.2. The second-order valence-corrected chi connectivity index (χ2v) is 8.50. The number of sulfonamides is 1. The zero-order valence-corrected chi connectivity index (χ0v) is 13.2. The molecule has 1 aromatic heterocycles. The normalized spacial score (nSPS) is 25.7. The molecule has 6 heteroatoms. The summed E-state index contributed by atoms with van der Waals surface area (Å²) in [6.45, 7) is 5.68. The molecular formula is C13H21NO3S2. The number of aryl methyl sites for hydroxylation is 1. The summed E-state index contributed by atoms with van der Waals surface area (Å²) in [6.07, 6.45) is 2.92. The Morgan fingerprint density at radius 2 is 1.95 bits per heavy atom. The minimum Gasteiger partial charge on any atom is -0.391 e. The van der Waals surface area contributed by atoms with Gasteiger partial charge in [0, 0.05) is 17.0 Å². The maximum absolute atomic E-state index is 12.7. The van der Waals surface area contributed by atoms with Gasteiger partial charge in [-0.25, -0.2) is 8.42 Å². The number of hydrogen-bond donors (Lipinski definition) is 1. The topological polar surface area (TPSA) is 57.6 Å². The average molecular weight is 303 g/mol. The van der Waals surface area contributed by atoms with Crippen molar-refractivity contribution in [1.29, 1.82) is 0 Å². The molecule has 1 fully saturated rings. The molecule has 1 aliphatic rings. The van der Waals surface area contributed by atoms with E-state index in [1.807, 2.05) is 20.8 Å². The lowest BCUT2D eigenvalue weighted by molar-refractivity contribution is 0.204. The molecule has 0 spiro atoms. The molecule has 2 heterocycles. The molecule has 0 aliphatic carbocycles. The van der Waals surface area contributed by atoms with Gasteiger partial charge in [0.2, 0.25) is 0 Å². The number of rotatable bonds is 3. The van der Waals surface area contributed by atoms with Gasteiger partial charge in [0.15, 0.2) is 0 Å². The summed E-state index contributed by atoms with van der Waals surface area (Å²) in [5.74, 6) is 0. The molecular weight excluding hydrogens is 282 g/mol. The molecule has 19 heavy (non-hydrogen) atoms. The van der Waals surface area contributed by atoms with Crippen LogP contribution in [0.3, 0.4) is 0 Å². The Bertz CT molecular complexity index is 540. The highest BCUT2D eigenvalue weighted by molar-refractivity contribution is 7.91. The molecule has 1 saturated heterocycles. The predicted octanol–water partition coefficient (Wildman–Crippen LogP) is 2.50. The fourth-order valence-electron chi connectivity index (χ4n) is 2.75. The molecule has 2 atom stereocenters. The van der Waals surface area contributed by atoms with Gasteiger partial charge in [-0.2, -0.15) is 4.31 Å². The maximum atomic E-state index is 12.7. The van der Waals surface area contributed by atoms with Crippen molar-refractivity contribution in [1.82, 2.24) is 4.31 Å². The van der Waals surface area contributed by atoms with Crippen molar-refractivity contribution in [3.8, 4) is 0 Å². The Balaban J connectivity index is 2.40. The predicted molar refractivity (Wildman–Crippen MR) is 76.8 cm³/mol. The van der Waals surface area contributed by atoms with E-state index in [-0.39, 0.29) is 18.7 Å². The van der Waals surface area contributed by atoms with Crippen LogP contribution in [0.2, 0.25) is 0 Å². The third kappa shape index (κ3) is 2.72. The molecule has 1 N–H and O–H groups in total. The van der Waals surface area contributed by atoms with E-state index in [1.165, 1.54) is 11.3 Å². The molecule has 0 radical (unpaired) electrons. The minimum atomic E-state index is -3.43. The number of piperidine rings is 1. The van der Waals surface area contributed by atoms with Crippen LogP contribution in [0.5, 0.6) is 0 Å². The summed E-state index contributed by atoms with van der Waals surface area (Å²) in [5.41, 5.74) is 0.850. The van der Waals surface area contributed by atoms with Crippen LogP contribution in [0.15, 0.2) is 10.3 Å². The van der Waals surface area contributed by atoms with Gasteiger partial charge in [-0.1, -0.05) is 6.42 Å². The number of aliphatic hydroxyl groups excluding tert-OH is 1. The van der Waals surface area contributed by atoms with E-state index in [9.17, 15) is 13.5 Å². The molecule has 108 valence electrons. The van der Waals surface area contributed by atoms with Gasteiger partial charge >= 0.3 is 0 Å². The summed E-state index contributed by atoms with van der Waals surface area (Å²) in [4.78, 5) is 0.732. The second-order valence-electron chi connectivity index (χ2n) is 5.29. The first-order chi connectivity index (χ1) is 8.87. The highest BCUT2D eigenvalue weighted by Crippen LogP contribution is 2.34. The molecule has 4 nitrogen and oxygen atoms in total. The summed E-state index contributed by atoms with van der Waals surface area (Å²) < 4.78 is 27.5. The van der Waals surface area contributed by atoms with Gasteiger partial charge in [0.05, 0.1) is 6.61 Å². The van der Waals surface area contributed by atoms with Gasteiger partial charge in [-0.3, -0.25) is 0 Å². The van der Waals surface area contributed by atoms with E-state index in [1.54, 1.807) is 10.4 Å². The van der Waals surface area contributed by atoms with Crippen LogP contribution in [0.4, 0.5) is 0 Å². The smallest absolute Gasteiger partial charge is 0.253 e. The zero-order valence-electron chi connectivity index (χ0n) is 11.6. The van der Waals surface area contributed by atoms with Crippen molar-refractivity contribution >= 4 is 21.4 Å². The zero-order chi connectivity index (χ0) is 14.2. The molecule has 0 saturated carbocycles. The van der Waals surface area contributed by atoms with Crippen molar-refractivity contribution in [3.05, 3.63) is 16.5 Å². The number of aliphatic hydroxyl groups is 1. The number of nitrogens with zero attached hydrogens (tertiary/aromatic N) is 1. The Labute approximate surface area is 119 Å². The van der Waals surface area contributed by atoms with Crippen LogP contribution in [0.1, 0.15) is 43.6 Å². The number of hydrogen-bond acceptors (Lipinski definition) is 4. The molecule has 0 bridgehead atoms. The Morgan fingerprint density at radius 3 is 2.42 bits per heavy atom. The van der Waals surface area contributed by atoms with Gasteiger partial charge in [0.1, 0.15) is 4.21 Å². The van der Waals surface area contributed by atoms with Crippen molar-refractivity contribution in [3.63, 3.8) is 0 Å². The van der Waals surface area contributed by atoms with Crippen LogP contribution < -0.4 is 0 Å². The van der Waals surface area contributed by atoms with Gasteiger partial charge < -0.3 is 5.11 Å². The van der Waals surface area contributed by atoms with E-state index in [0.717, 1.165) is 29.7 Å². The SMILES string of the molecule is Cc1cc(S(=O)(=O)N2[C@H](C)CCC[C@@H]2C)sc1CO. The molecule has 0 unspecified atom stereocenters. The highest BCUT2D eigenvalue weighted by Gasteiger charge is 2.36. The van der Waals surface area contributed by atoms with Crippen molar-refractivity contribution in [2.45, 2.75) is 62.9 Å².